The van der Waals surface area contributed by atoms with E-state index in [1.54, 1.807) is 24.3 Å². The number of sulfonamides is 1. The molecular formula is C15H23NO3S. The maximum atomic E-state index is 12.3. The van der Waals surface area contributed by atoms with E-state index in [9.17, 15) is 13.5 Å². The smallest absolute Gasteiger partial charge is 0.240 e. The van der Waals surface area contributed by atoms with Crippen LogP contribution in [0.5, 0.6) is 0 Å². The van der Waals surface area contributed by atoms with Crippen LogP contribution in [0.4, 0.5) is 0 Å². The largest absolute Gasteiger partial charge is 0.388 e. The average molecular weight is 297 g/mol. The minimum Gasteiger partial charge on any atom is -0.388 e. The summed E-state index contributed by atoms with van der Waals surface area (Å²) in [6.45, 7) is 3.77. The Kier molecular flexibility index (Phi) is 4.83. The standard InChI is InChI=1S/C15H23NO3S/c1-3-15(17)13-5-4-6-14(10-13)20(18,19)16-11(2)9-12-7-8-12/h4-6,10-12,15-17H,3,7-9H2,1-2H3. The Bertz CT molecular complexity index is 552. The fourth-order valence-corrected chi connectivity index (χ4v) is 3.67. The van der Waals surface area contributed by atoms with Gasteiger partial charge in [0.05, 0.1) is 11.0 Å². The molecule has 0 aromatic heterocycles. The van der Waals surface area contributed by atoms with E-state index in [1.807, 2.05) is 13.8 Å². The fraction of sp³-hybridized carbons (Fsp3) is 0.600. The number of aliphatic hydroxyl groups is 1. The van der Waals surface area contributed by atoms with Gasteiger partial charge < -0.3 is 5.11 Å². The molecule has 0 spiro atoms. The highest BCUT2D eigenvalue weighted by molar-refractivity contribution is 7.89. The topological polar surface area (TPSA) is 66.4 Å². The molecule has 5 heteroatoms. The zero-order valence-corrected chi connectivity index (χ0v) is 12.9. The van der Waals surface area contributed by atoms with Crippen LogP contribution in [0, 0.1) is 5.92 Å². The molecule has 1 aromatic rings. The molecule has 0 saturated heterocycles. The lowest BCUT2D eigenvalue weighted by atomic mass is 10.1. The van der Waals surface area contributed by atoms with Gasteiger partial charge in [0.15, 0.2) is 0 Å². The van der Waals surface area contributed by atoms with Crippen molar-refractivity contribution in [1.82, 2.24) is 4.72 Å². The summed E-state index contributed by atoms with van der Waals surface area (Å²) in [7, 11) is -3.50. The molecule has 1 aliphatic rings. The van der Waals surface area contributed by atoms with Crippen LogP contribution in [0.15, 0.2) is 29.2 Å². The first-order valence-electron chi connectivity index (χ1n) is 7.22. The molecule has 20 heavy (non-hydrogen) atoms. The predicted molar refractivity (Wildman–Crippen MR) is 78.8 cm³/mol. The Morgan fingerprint density at radius 3 is 2.70 bits per heavy atom. The third-order valence-electron chi connectivity index (χ3n) is 3.68. The Morgan fingerprint density at radius 1 is 1.40 bits per heavy atom. The first-order chi connectivity index (χ1) is 9.42. The molecule has 4 nitrogen and oxygen atoms in total. The minimum absolute atomic E-state index is 0.0488. The maximum Gasteiger partial charge on any atom is 0.240 e. The summed E-state index contributed by atoms with van der Waals surface area (Å²) >= 11 is 0. The monoisotopic (exact) mass is 297 g/mol. The summed E-state index contributed by atoms with van der Waals surface area (Å²) < 4.78 is 27.3. The van der Waals surface area contributed by atoms with Crippen molar-refractivity contribution in [3.8, 4) is 0 Å². The summed E-state index contributed by atoms with van der Waals surface area (Å²) in [5.74, 6) is 0.681. The molecule has 2 atom stereocenters. The molecule has 1 saturated carbocycles. The van der Waals surface area contributed by atoms with Crippen molar-refractivity contribution >= 4 is 10.0 Å². The van der Waals surface area contributed by atoms with Crippen molar-refractivity contribution in [3.63, 3.8) is 0 Å². The van der Waals surface area contributed by atoms with Crippen molar-refractivity contribution in [2.75, 3.05) is 0 Å². The third-order valence-corrected chi connectivity index (χ3v) is 5.27. The van der Waals surface area contributed by atoms with Crippen LogP contribution < -0.4 is 4.72 Å². The number of hydrogen-bond acceptors (Lipinski definition) is 3. The molecule has 0 aliphatic heterocycles. The third kappa shape index (κ3) is 4.04. The summed E-state index contributed by atoms with van der Waals surface area (Å²) in [6.07, 6.45) is 3.27. The van der Waals surface area contributed by atoms with Gasteiger partial charge in [0, 0.05) is 6.04 Å². The highest BCUT2D eigenvalue weighted by Gasteiger charge is 2.26. The lowest BCUT2D eigenvalue weighted by molar-refractivity contribution is 0.173. The van der Waals surface area contributed by atoms with Gasteiger partial charge in [-0.1, -0.05) is 31.9 Å². The SMILES string of the molecule is CCC(O)c1cccc(S(=O)(=O)NC(C)CC2CC2)c1. The highest BCUT2D eigenvalue weighted by atomic mass is 32.2. The van der Waals surface area contributed by atoms with Crippen LogP contribution in [0.1, 0.15) is 51.2 Å². The van der Waals surface area contributed by atoms with E-state index in [2.05, 4.69) is 4.72 Å². The van der Waals surface area contributed by atoms with E-state index >= 15 is 0 Å². The molecule has 0 heterocycles. The van der Waals surface area contributed by atoms with Crippen LogP contribution in [0.3, 0.4) is 0 Å². The summed E-state index contributed by atoms with van der Waals surface area (Å²) in [6, 6.07) is 6.50. The first-order valence-corrected chi connectivity index (χ1v) is 8.71. The van der Waals surface area contributed by atoms with Crippen LogP contribution in [-0.2, 0) is 10.0 Å². The van der Waals surface area contributed by atoms with Crippen LogP contribution in [-0.4, -0.2) is 19.6 Å². The number of hydrogen-bond donors (Lipinski definition) is 2. The van der Waals surface area contributed by atoms with Crippen molar-refractivity contribution in [3.05, 3.63) is 29.8 Å². The number of nitrogens with one attached hydrogen (secondary N) is 1. The van der Waals surface area contributed by atoms with Gasteiger partial charge in [0.2, 0.25) is 10.0 Å². The Morgan fingerprint density at radius 2 is 2.10 bits per heavy atom. The average Bonchev–Trinajstić information content (AvgIpc) is 3.21. The molecular weight excluding hydrogens is 274 g/mol. The second-order valence-electron chi connectivity index (χ2n) is 5.70. The molecule has 1 aliphatic carbocycles. The highest BCUT2D eigenvalue weighted by Crippen LogP contribution is 2.33. The van der Waals surface area contributed by atoms with Crippen molar-refractivity contribution in [2.24, 2.45) is 5.92 Å². The van der Waals surface area contributed by atoms with E-state index in [0.717, 1.165) is 6.42 Å². The summed E-state index contributed by atoms with van der Waals surface area (Å²) in [5, 5.41) is 9.81. The zero-order valence-electron chi connectivity index (χ0n) is 12.0. The van der Waals surface area contributed by atoms with Gasteiger partial charge in [-0.15, -0.1) is 0 Å². The Hall–Kier alpha value is -0.910. The van der Waals surface area contributed by atoms with Crippen LogP contribution >= 0.6 is 0 Å². The van der Waals surface area contributed by atoms with Crippen molar-refractivity contribution < 1.29 is 13.5 Å². The molecule has 1 aromatic carbocycles. The summed E-state index contributed by atoms with van der Waals surface area (Å²) in [4.78, 5) is 0.227. The van der Waals surface area contributed by atoms with Gasteiger partial charge in [-0.2, -0.15) is 0 Å². The van der Waals surface area contributed by atoms with E-state index in [-0.39, 0.29) is 10.9 Å². The first kappa shape index (κ1) is 15.5. The van der Waals surface area contributed by atoms with Gasteiger partial charge in [0.25, 0.3) is 0 Å². The van der Waals surface area contributed by atoms with Crippen LogP contribution in [0.2, 0.25) is 0 Å². The van der Waals surface area contributed by atoms with Gasteiger partial charge in [-0.05, 0) is 43.4 Å². The van der Waals surface area contributed by atoms with Crippen molar-refractivity contribution in [2.45, 2.75) is 56.6 Å². The second kappa shape index (κ2) is 6.24. The number of benzene rings is 1. The normalized spacial score (nSPS) is 18.8. The summed E-state index contributed by atoms with van der Waals surface area (Å²) in [5.41, 5.74) is 0.644. The fourth-order valence-electron chi connectivity index (χ4n) is 2.36. The molecule has 0 bridgehead atoms. The molecule has 2 unspecified atom stereocenters. The van der Waals surface area contributed by atoms with E-state index in [4.69, 9.17) is 0 Å². The van der Waals surface area contributed by atoms with Gasteiger partial charge in [-0.3, -0.25) is 0 Å². The van der Waals surface area contributed by atoms with E-state index in [0.29, 0.717) is 17.9 Å². The van der Waals surface area contributed by atoms with Crippen molar-refractivity contribution in [1.29, 1.82) is 0 Å². The molecule has 2 N–H and O–H groups in total. The number of aliphatic hydroxyl groups excluding tert-OH is 1. The van der Waals surface area contributed by atoms with Crippen LogP contribution in [0.25, 0.3) is 0 Å². The quantitative estimate of drug-likeness (QED) is 0.813. The van der Waals surface area contributed by atoms with Gasteiger partial charge in [-0.25, -0.2) is 13.1 Å². The maximum absolute atomic E-state index is 12.3. The zero-order chi connectivity index (χ0) is 14.8. The lowest BCUT2D eigenvalue weighted by Gasteiger charge is -2.15. The van der Waals surface area contributed by atoms with Gasteiger partial charge in [0.1, 0.15) is 0 Å². The second-order valence-corrected chi connectivity index (χ2v) is 7.41. The molecule has 0 radical (unpaired) electrons. The Labute approximate surface area is 121 Å². The minimum atomic E-state index is -3.50. The Balaban J connectivity index is 2.11. The molecule has 112 valence electrons. The lowest BCUT2D eigenvalue weighted by Crippen LogP contribution is -2.33. The molecule has 1 fully saturated rings. The van der Waals surface area contributed by atoms with E-state index < -0.39 is 16.1 Å². The van der Waals surface area contributed by atoms with E-state index in [1.165, 1.54) is 12.8 Å². The van der Waals surface area contributed by atoms with Gasteiger partial charge >= 0.3 is 0 Å². The molecule has 0 amide bonds. The predicted octanol–water partition coefficient (Wildman–Crippen LogP) is 2.60. The number of rotatable bonds is 7. The molecule has 2 rings (SSSR count).